The molecule has 4 aromatic rings. The van der Waals surface area contributed by atoms with E-state index >= 15 is 4.39 Å². The Morgan fingerprint density at radius 1 is 1.09 bits per heavy atom. The fourth-order valence-corrected chi connectivity index (χ4v) is 3.88. The number of hydrogen-bond donors (Lipinski definition) is 4. The number of H-pyrrole nitrogens is 2. The van der Waals surface area contributed by atoms with Gasteiger partial charge in [0.2, 0.25) is 0 Å². The maximum Gasteiger partial charge on any atom is 0.326 e. The first-order valence-electron chi connectivity index (χ1n) is 10.9. The minimum Gasteiger partial charge on any atom is -0.421 e. The molecule has 4 heterocycles. The number of aromatic amines is 2. The number of benzene rings is 1. The van der Waals surface area contributed by atoms with Crippen LogP contribution >= 0.6 is 0 Å². The van der Waals surface area contributed by atoms with Crippen LogP contribution in [-0.4, -0.2) is 51.3 Å². The number of aryl methyl sites for hydroxylation is 1. The average Bonchev–Trinajstić information content (AvgIpc) is 3.44. The van der Waals surface area contributed by atoms with Crippen LogP contribution in [0.1, 0.15) is 18.3 Å². The molecule has 1 saturated heterocycles. The van der Waals surface area contributed by atoms with Gasteiger partial charge >= 0.3 is 6.01 Å². The van der Waals surface area contributed by atoms with Crippen LogP contribution in [0.15, 0.2) is 30.3 Å². The number of nitrogens with one attached hydrogen (secondary N) is 4. The first-order chi connectivity index (χ1) is 16.5. The van der Waals surface area contributed by atoms with E-state index in [1.165, 1.54) is 6.07 Å². The van der Waals surface area contributed by atoms with Crippen LogP contribution in [-0.2, 0) is 0 Å². The molecule has 1 aromatic carbocycles. The van der Waals surface area contributed by atoms with Gasteiger partial charge in [-0.25, -0.2) is 8.78 Å². The van der Waals surface area contributed by atoms with Crippen LogP contribution in [0.25, 0.3) is 17.0 Å². The van der Waals surface area contributed by atoms with E-state index in [2.05, 4.69) is 40.7 Å². The largest absolute Gasteiger partial charge is 0.421 e. The number of aromatic nitrogens is 5. The predicted molar refractivity (Wildman–Crippen MR) is 127 cm³/mol. The zero-order valence-corrected chi connectivity index (χ0v) is 18.7. The van der Waals surface area contributed by atoms with Crippen LogP contribution < -0.4 is 20.3 Å². The maximum atomic E-state index is 15.1. The number of ether oxygens (including phenoxy) is 1. The molecule has 0 saturated carbocycles. The summed E-state index contributed by atoms with van der Waals surface area (Å²) in [6.45, 7) is 6.73. The third kappa shape index (κ3) is 4.42. The Kier molecular flexibility index (Phi) is 5.84. The lowest BCUT2D eigenvalue weighted by molar-refractivity contribution is 0.410. The molecule has 0 atom stereocenters. The SMILES string of the molecule is C/C=C\c1cc(Nc2cc(N3CCNCC3)nc(Oc3cc(F)c4[nH]c(C)cc4c3F)n2)n[nH]1. The van der Waals surface area contributed by atoms with Crippen molar-refractivity contribution >= 4 is 34.4 Å². The third-order valence-electron chi connectivity index (χ3n) is 5.44. The summed E-state index contributed by atoms with van der Waals surface area (Å²) < 4.78 is 35.4. The third-order valence-corrected chi connectivity index (χ3v) is 5.44. The van der Waals surface area contributed by atoms with Crippen molar-refractivity contribution in [3.05, 3.63) is 53.4 Å². The molecule has 11 heteroatoms. The fourth-order valence-electron chi connectivity index (χ4n) is 3.88. The minimum atomic E-state index is -0.685. The van der Waals surface area contributed by atoms with Gasteiger partial charge in [0.05, 0.1) is 11.2 Å². The molecule has 3 aromatic heterocycles. The summed E-state index contributed by atoms with van der Waals surface area (Å²) in [7, 11) is 0. The highest BCUT2D eigenvalue weighted by Crippen LogP contribution is 2.33. The standard InChI is InChI=1S/C23H24F2N8O/c1-3-4-14-10-19(32-31-14)28-18-12-20(33-7-5-26-6-8-33)30-23(29-18)34-17-11-16(24)22-15(21(17)25)9-13(2)27-22/h3-4,9-12,26-27H,5-8H2,1-2H3,(H2,28,29,30,31,32)/b4-3-. The number of allylic oxidation sites excluding steroid dienone is 1. The van der Waals surface area contributed by atoms with Gasteiger partial charge in [-0.05, 0) is 26.0 Å². The molecule has 0 spiro atoms. The van der Waals surface area contributed by atoms with Gasteiger partial charge in [0.25, 0.3) is 0 Å². The summed E-state index contributed by atoms with van der Waals surface area (Å²) >= 11 is 0. The fraction of sp³-hybridized carbons (Fsp3) is 0.261. The summed E-state index contributed by atoms with van der Waals surface area (Å²) in [6.07, 6.45) is 3.78. The Bertz CT molecular complexity index is 1360. The molecule has 1 aliphatic heterocycles. The topological polar surface area (TPSA) is 107 Å². The molecule has 1 fully saturated rings. The second-order valence-corrected chi connectivity index (χ2v) is 7.98. The summed E-state index contributed by atoms with van der Waals surface area (Å²) in [5.41, 5.74) is 1.56. The van der Waals surface area contributed by atoms with Crippen LogP contribution in [0, 0.1) is 18.6 Å². The first kappa shape index (κ1) is 21.8. The molecular formula is C23H24F2N8O. The monoisotopic (exact) mass is 466 g/mol. The number of fused-ring (bicyclic) bond motifs is 1. The molecule has 9 nitrogen and oxygen atoms in total. The van der Waals surface area contributed by atoms with Crippen LogP contribution in [0.3, 0.4) is 0 Å². The number of halogens is 2. The van der Waals surface area contributed by atoms with Crippen molar-refractivity contribution in [1.82, 2.24) is 30.5 Å². The Hall–Kier alpha value is -3.99. The van der Waals surface area contributed by atoms with E-state index in [1.807, 2.05) is 25.1 Å². The van der Waals surface area contributed by atoms with E-state index < -0.39 is 11.6 Å². The quantitative estimate of drug-likeness (QED) is 0.337. The van der Waals surface area contributed by atoms with Gasteiger partial charge in [-0.2, -0.15) is 15.1 Å². The predicted octanol–water partition coefficient (Wildman–Crippen LogP) is 4.25. The van der Waals surface area contributed by atoms with E-state index in [0.29, 0.717) is 23.1 Å². The summed E-state index contributed by atoms with van der Waals surface area (Å²) in [6, 6.07) is 6.03. The van der Waals surface area contributed by atoms with Crippen molar-refractivity contribution in [2.24, 2.45) is 0 Å². The van der Waals surface area contributed by atoms with Crippen molar-refractivity contribution < 1.29 is 13.5 Å². The first-order valence-corrected chi connectivity index (χ1v) is 10.9. The molecule has 0 unspecified atom stereocenters. The molecule has 1 aliphatic rings. The highest BCUT2D eigenvalue weighted by atomic mass is 19.1. The van der Waals surface area contributed by atoms with E-state index in [1.54, 1.807) is 13.0 Å². The summed E-state index contributed by atoms with van der Waals surface area (Å²) in [5, 5.41) is 13.7. The number of rotatable bonds is 6. The zero-order chi connectivity index (χ0) is 23.7. The van der Waals surface area contributed by atoms with Crippen molar-refractivity contribution in [3.63, 3.8) is 0 Å². The highest BCUT2D eigenvalue weighted by Gasteiger charge is 2.20. The summed E-state index contributed by atoms with van der Waals surface area (Å²) in [4.78, 5) is 13.7. The normalized spacial score (nSPS) is 14.3. The molecule has 0 aliphatic carbocycles. The number of hydrogen-bond acceptors (Lipinski definition) is 7. The lowest BCUT2D eigenvalue weighted by Crippen LogP contribution is -2.43. The van der Waals surface area contributed by atoms with Gasteiger partial charge in [-0.1, -0.05) is 6.08 Å². The Labute approximate surface area is 194 Å². The van der Waals surface area contributed by atoms with Gasteiger partial charge in [0.15, 0.2) is 23.2 Å². The van der Waals surface area contributed by atoms with Crippen molar-refractivity contribution in [2.75, 3.05) is 36.4 Å². The average molecular weight is 466 g/mol. The summed E-state index contributed by atoms with van der Waals surface area (Å²) in [5.74, 6) is -0.0268. The Morgan fingerprint density at radius 3 is 2.71 bits per heavy atom. The molecule has 176 valence electrons. The number of piperazine rings is 1. The smallest absolute Gasteiger partial charge is 0.326 e. The Morgan fingerprint density at radius 2 is 1.91 bits per heavy atom. The highest BCUT2D eigenvalue weighted by molar-refractivity contribution is 5.83. The minimum absolute atomic E-state index is 0.0932. The lowest BCUT2D eigenvalue weighted by Gasteiger charge is -2.28. The number of anilines is 3. The Balaban J connectivity index is 1.51. The van der Waals surface area contributed by atoms with Gasteiger partial charge in [0, 0.05) is 55.5 Å². The van der Waals surface area contributed by atoms with Gasteiger partial charge in [-0.3, -0.25) is 5.10 Å². The van der Waals surface area contributed by atoms with Crippen molar-refractivity contribution in [2.45, 2.75) is 13.8 Å². The molecule has 4 N–H and O–H groups in total. The molecular weight excluding hydrogens is 442 g/mol. The zero-order valence-electron chi connectivity index (χ0n) is 18.7. The van der Waals surface area contributed by atoms with Gasteiger partial charge < -0.3 is 25.3 Å². The van der Waals surface area contributed by atoms with E-state index in [9.17, 15) is 4.39 Å². The van der Waals surface area contributed by atoms with Gasteiger partial charge in [0.1, 0.15) is 11.6 Å². The second-order valence-electron chi connectivity index (χ2n) is 7.98. The van der Waals surface area contributed by atoms with Crippen molar-refractivity contribution in [3.8, 4) is 11.8 Å². The lowest BCUT2D eigenvalue weighted by atomic mass is 10.2. The molecule has 5 rings (SSSR count). The van der Waals surface area contributed by atoms with E-state index in [-0.39, 0.29) is 22.7 Å². The van der Waals surface area contributed by atoms with Crippen LogP contribution in [0.5, 0.6) is 11.8 Å². The van der Waals surface area contributed by atoms with E-state index in [0.717, 1.165) is 37.9 Å². The molecule has 34 heavy (non-hydrogen) atoms. The molecule has 0 amide bonds. The van der Waals surface area contributed by atoms with Crippen LogP contribution in [0.4, 0.5) is 26.2 Å². The second kappa shape index (κ2) is 9.10. The van der Waals surface area contributed by atoms with Crippen LogP contribution in [0.2, 0.25) is 0 Å². The molecule has 0 radical (unpaired) electrons. The number of nitrogens with zero attached hydrogens (tertiary/aromatic N) is 4. The van der Waals surface area contributed by atoms with Crippen molar-refractivity contribution in [1.29, 1.82) is 0 Å². The van der Waals surface area contributed by atoms with E-state index in [4.69, 9.17) is 4.74 Å². The maximum absolute atomic E-state index is 15.1. The molecule has 0 bridgehead atoms. The van der Waals surface area contributed by atoms with Gasteiger partial charge in [-0.15, -0.1) is 0 Å².